The van der Waals surface area contributed by atoms with E-state index in [2.05, 4.69) is 4.98 Å². The molecule has 1 amide bonds. The maximum absolute atomic E-state index is 14.2. The van der Waals surface area contributed by atoms with Crippen molar-refractivity contribution in [2.75, 3.05) is 39.2 Å². The fourth-order valence-corrected chi connectivity index (χ4v) is 4.31. The van der Waals surface area contributed by atoms with Crippen LogP contribution in [0.25, 0.3) is 21.0 Å². The fourth-order valence-electron chi connectivity index (χ4n) is 3.30. The van der Waals surface area contributed by atoms with Crippen LogP contribution in [0.15, 0.2) is 54.6 Å². The number of para-hydroxylation sites is 1. The topological polar surface area (TPSA) is 45.7 Å². The van der Waals surface area contributed by atoms with Gasteiger partial charge in [-0.25, -0.2) is 9.37 Å². The average molecular weight is 460 g/mol. The lowest BCUT2D eigenvalue weighted by atomic mass is 10.0. The fraction of sp³-hybridized carbons (Fsp3) is 0.217. The van der Waals surface area contributed by atoms with Crippen molar-refractivity contribution in [2.45, 2.75) is 0 Å². The summed E-state index contributed by atoms with van der Waals surface area (Å²) in [6.07, 6.45) is 0. The second-order valence-electron chi connectivity index (χ2n) is 7.24. The Bertz CT molecular complexity index is 1230. The lowest BCUT2D eigenvalue weighted by molar-refractivity contribution is 0.0982. The second kappa shape index (κ2) is 9.60. The molecule has 0 saturated carbocycles. The van der Waals surface area contributed by atoms with Gasteiger partial charge in [-0.1, -0.05) is 41.7 Å². The van der Waals surface area contributed by atoms with Gasteiger partial charge in [0, 0.05) is 13.1 Å². The maximum Gasteiger partial charge on any atom is 0.263 e. The molecule has 4 rings (SSSR count). The van der Waals surface area contributed by atoms with Crippen molar-refractivity contribution in [3.05, 3.63) is 66.0 Å². The highest BCUT2D eigenvalue weighted by atomic mass is 35.5. The SMILES string of the molecule is COc1cc2ccccc2cc1C(=O)N(CCN(C)C)c1nc2c(F)cccc2s1.Cl. The Balaban J connectivity index is 0.00000272. The number of benzene rings is 3. The van der Waals surface area contributed by atoms with Gasteiger partial charge in [0.15, 0.2) is 5.13 Å². The zero-order chi connectivity index (χ0) is 21.3. The third kappa shape index (κ3) is 4.63. The number of halogens is 2. The number of methoxy groups -OCH3 is 1. The quantitative estimate of drug-likeness (QED) is 0.396. The number of carbonyl (C=O) groups excluding carboxylic acids is 1. The number of rotatable bonds is 6. The van der Waals surface area contributed by atoms with Crippen LogP contribution in [0.3, 0.4) is 0 Å². The molecule has 0 aliphatic heterocycles. The van der Waals surface area contributed by atoms with Crippen molar-refractivity contribution in [1.29, 1.82) is 0 Å². The van der Waals surface area contributed by atoms with Gasteiger partial charge in [-0.3, -0.25) is 9.69 Å². The highest BCUT2D eigenvalue weighted by molar-refractivity contribution is 7.22. The summed E-state index contributed by atoms with van der Waals surface area (Å²) in [7, 11) is 5.44. The molecule has 0 aliphatic carbocycles. The average Bonchev–Trinajstić information content (AvgIpc) is 3.18. The Labute approximate surface area is 190 Å². The first-order chi connectivity index (χ1) is 14.5. The standard InChI is InChI=1S/C23H22FN3O2S.ClH/c1-26(2)11-12-27(23-25-21-18(24)9-6-10-20(21)30-23)22(28)17-13-15-7-4-5-8-16(15)14-19(17)29-3;/h4-10,13-14H,11-12H2,1-3H3;1H. The summed E-state index contributed by atoms with van der Waals surface area (Å²) >= 11 is 1.31. The Hall–Kier alpha value is -2.74. The highest BCUT2D eigenvalue weighted by Crippen LogP contribution is 2.33. The Morgan fingerprint density at radius 1 is 1.06 bits per heavy atom. The second-order valence-corrected chi connectivity index (χ2v) is 8.25. The van der Waals surface area contributed by atoms with Crippen molar-refractivity contribution in [3.8, 4) is 5.75 Å². The van der Waals surface area contributed by atoms with E-state index in [1.807, 2.05) is 61.5 Å². The van der Waals surface area contributed by atoms with E-state index < -0.39 is 5.82 Å². The number of carbonyl (C=O) groups is 1. The number of thiazole rings is 1. The van der Waals surface area contributed by atoms with E-state index in [0.717, 1.165) is 10.8 Å². The van der Waals surface area contributed by atoms with Gasteiger partial charge >= 0.3 is 0 Å². The van der Waals surface area contributed by atoms with E-state index >= 15 is 0 Å². The molecule has 0 radical (unpaired) electrons. The molecule has 3 aromatic carbocycles. The monoisotopic (exact) mass is 459 g/mol. The van der Waals surface area contributed by atoms with E-state index in [-0.39, 0.29) is 23.8 Å². The smallest absolute Gasteiger partial charge is 0.263 e. The Morgan fingerprint density at radius 3 is 2.42 bits per heavy atom. The van der Waals surface area contributed by atoms with Crippen LogP contribution >= 0.6 is 23.7 Å². The number of amides is 1. The normalized spacial score (nSPS) is 11.0. The van der Waals surface area contributed by atoms with Gasteiger partial charge < -0.3 is 9.64 Å². The number of likely N-dealkylation sites (N-methyl/N-ethyl adjacent to an activating group) is 1. The zero-order valence-electron chi connectivity index (χ0n) is 17.5. The van der Waals surface area contributed by atoms with E-state index in [9.17, 15) is 9.18 Å². The summed E-state index contributed by atoms with van der Waals surface area (Å²) in [5.74, 6) is -0.113. The summed E-state index contributed by atoms with van der Waals surface area (Å²) in [5, 5.41) is 2.41. The number of aromatic nitrogens is 1. The molecule has 0 atom stereocenters. The van der Waals surface area contributed by atoms with Crippen LogP contribution in [0, 0.1) is 5.82 Å². The molecule has 0 unspecified atom stereocenters. The molecule has 0 spiro atoms. The minimum atomic E-state index is -0.390. The summed E-state index contributed by atoms with van der Waals surface area (Å²) < 4.78 is 20.4. The van der Waals surface area contributed by atoms with E-state index in [1.54, 1.807) is 18.1 Å². The molecular formula is C23H23ClFN3O2S. The van der Waals surface area contributed by atoms with Crippen LogP contribution < -0.4 is 9.64 Å². The molecule has 5 nitrogen and oxygen atoms in total. The van der Waals surface area contributed by atoms with Crippen LogP contribution in [-0.2, 0) is 0 Å². The number of nitrogens with zero attached hydrogens (tertiary/aromatic N) is 3. The molecule has 0 aliphatic rings. The van der Waals surface area contributed by atoms with Gasteiger partial charge in [0.2, 0.25) is 0 Å². The van der Waals surface area contributed by atoms with Crippen LogP contribution in [0.4, 0.5) is 9.52 Å². The maximum atomic E-state index is 14.2. The summed E-state index contributed by atoms with van der Waals surface area (Å²) in [5.41, 5.74) is 0.736. The van der Waals surface area contributed by atoms with Crippen LogP contribution in [0.5, 0.6) is 5.75 Å². The minimum Gasteiger partial charge on any atom is -0.496 e. The molecule has 1 aromatic heterocycles. The predicted octanol–water partition coefficient (Wildman–Crippen LogP) is 5.23. The Kier molecular flexibility index (Phi) is 7.10. The molecule has 1 heterocycles. The third-order valence-corrected chi connectivity index (χ3v) is 5.95. The van der Waals surface area contributed by atoms with Gasteiger partial charge in [0.05, 0.1) is 17.4 Å². The Morgan fingerprint density at radius 2 is 1.77 bits per heavy atom. The summed E-state index contributed by atoms with van der Waals surface area (Å²) in [6, 6.07) is 16.4. The predicted molar refractivity (Wildman–Crippen MR) is 128 cm³/mol. The third-order valence-electron chi connectivity index (χ3n) is 4.90. The number of ether oxygens (including phenoxy) is 1. The zero-order valence-corrected chi connectivity index (χ0v) is 19.1. The van der Waals surface area contributed by atoms with Crippen LogP contribution in [0.2, 0.25) is 0 Å². The first-order valence-electron chi connectivity index (χ1n) is 9.56. The molecule has 31 heavy (non-hydrogen) atoms. The van der Waals surface area contributed by atoms with Gasteiger partial charge in [-0.05, 0) is 49.1 Å². The first kappa shape index (κ1) is 22.9. The van der Waals surface area contributed by atoms with Gasteiger partial charge in [0.25, 0.3) is 5.91 Å². The van der Waals surface area contributed by atoms with Crippen molar-refractivity contribution in [2.24, 2.45) is 0 Å². The van der Waals surface area contributed by atoms with Crippen molar-refractivity contribution in [3.63, 3.8) is 0 Å². The highest BCUT2D eigenvalue weighted by Gasteiger charge is 2.25. The van der Waals surface area contributed by atoms with Crippen LogP contribution in [0.1, 0.15) is 10.4 Å². The number of fused-ring (bicyclic) bond motifs is 2. The van der Waals surface area contributed by atoms with Crippen molar-refractivity contribution in [1.82, 2.24) is 9.88 Å². The number of hydrogen-bond donors (Lipinski definition) is 0. The van der Waals surface area contributed by atoms with E-state index in [4.69, 9.17) is 4.74 Å². The minimum absolute atomic E-state index is 0. The van der Waals surface area contributed by atoms with Crippen molar-refractivity contribution >= 4 is 55.8 Å². The summed E-state index contributed by atoms with van der Waals surface area (Å²) in [4.78, 5) is 21.7. The number of hydrogen-bond acceptors (Lipinski definition) is 5. The van der Waals surface area contributed by atoms with Gasteiger partial charge in [-0.15, -0.1) is 12.4 Å². The molecule has 8 heteroatoms. The molecule has 0 bridgehead atoms. The number of anilines is 1. The lowest BCUT2D eigenvalue weighted by Gasteiger charge is -2.23. The summed E-state index contributed by atoms with van der Waals surface area (Å²) in [6.45, 7) is 1.06. The molecule has 4 aromatic rings. The molecule has 0 fully saturated rings. The lowest BCUT2D eigenvalue weighted by Crippen LogP contribution is -2.37. The van der Waals surface area contributed by atoms with Gasteiger partial charge in [-0.2, -0.15) is 0 Å². The van der Waals surface area contributed by atoms with E-state index in [1.165, 1.54) is 17.4 Å². The van der Waals surface area contributed by atoms with Gasteiger partial charge in [0.1, 0.15) is 17.1 Å². The molecular weight excluding hydrogens is 437 g/mol. The molecule has 162 valence electrons. The largest absolute Gasteiger partial charge is 0.496 e. The van der Waals surface area contributed by atoms with Crippen LogP contribution in [-0.4, -0.2) is 50.1 Å². The van der Waals surface area contributed by atoms with E-state index in [0.29, 0.717) is 34.2 Å². The molecule has 0 saturated heterocycles. The first-order valence-corrected chi connectivity index (χ1v) is 10.4. The molecule has 0 N–H and O–H groups in total. The van der Waals surface area contributed by atoms with Crippen molar-refractivity contribution < 1.29 is 13.9 Å².